The van der Waals surface area contributed by atoms with Crippen LogP contribution in [0.25, 0.3) is 11.0 Å². The summed E-state index contributed by atoms with van der Waals surface area (Å²) in [4.78, 5) is 11.5. The van der Waals surface area contributed by atoms with E-state index in [0.29, 0.717) is 33.8 Å². The van der Waals surface area contributed by atoms with Crippen LogP contribution in [0.3, 0.4) is 0 Å². The lowest BCUT2D eigenvalue weighted by molar-refractivity contribution is 0.172. The van der Waals surface area contributed by atoms with Gasteiger partial charge in [-0.3, -0.25) is 0 Å². The van der Waals surface area contributed by atoms with Gasteiger partial charge in [-0.1, -0.05) is 0 Å². The van der Waals surface area contributed by atoms with Gasteiger partial charge in [0.25, 0.3) is 0 Å². The fourth-order valence-corrected chi connectivity index (χ4v) is 1.94. The van der Waals surface area contributed by atoms with Crippen LogP contribution in [0.2, 0.25) is 0 Å². The Labute approximate surface area is 97.9 Å². The van der Waals surface area contributed by atoms with Gasteiger partial charge in [0.05, 0.1) is 13.9 Å². The average molecular weight is 235 g/mol. The van der Waals surface area contributed by atoms with E-state index >= 15 is 0 Å². The number of hydrogen-bond acceptors (Lipinski definition) is 5. The SMILES string of the molecule is [2H]c1c(C)c2c3c(c(OC)cc2oc1=O)OCO3. The van der Waals surface area contributed by atoms with Crippen LogP contribution in [-0.2, 0) is 0 Å². The number of hydrogen-bond donors (Lipinski definition) is 0. The molecular weight excluding hydrogens is 224 g/mol. The highest BCUT2D eigenvalue weighted by Gasteiger charge is 2.24. The molecule has 0 fully saturated rings. The number of fused-ring (bicyclic) bond motifs is 3. The zero-order valence-corrected chi connectivity index (χ0v) is 9.33. The predicted octanol–water partition coefficient (Wildman–Crippen LogP) is 1.84. The minimum absolute atomic E-state index is 0.0801. The van der Waals surface area contributed by atoms with E-state index in [9.17, 15) is 4.79 Å². The summed E-state index contributed by atoms with van der Waals surface area (Å²) in [5.41, 5.74) is 0.154. The zero-order chi connectivity index (χ0) is 12.9. The van der Waals surface area contributed by atoms with Gasteiger partial charge in [-0.05, 0) is 12.5 Å². The van der Waals surface area contributed by atoms with Gasteiger partial charge in [0.15, 0.2) is 11.5 Å². The molecule has 0 radical (unpaired) electrons. The maximum atomic E-state index is 11.5. The van der Waals surface area contributed by atoms with Crippen molar-refractivity contribution in [2.45, 2.75) is 6.92 Å². The van der Waals surface area contributed by atoms with Crippen LogP contribution < -0.4 is 19.8 Å². The smallest absolute Gasteiger partial charge is 0.336 e. The van der Waals surface area contributed by atoms with Gasteiger partial charge < -0.3 is 18.6 Å². The van der Waals surface area contributed by atoms with Crippen LogP contribution in [0.5, 0.6) is 17.2 Å². The molecule has 0 saturated heterocycles. The van der Waals surface area contributed by atoms with Crippen molar-refractivity contribution in [1.29, 1.82) is 0 Å². The average Bonchev–Trinajstić information content (AvgIpc) is 2.83. The van der Waals surface area contributed by atoms with Crippen LogP contribution in [0.1, 0.15) is 6.93 Å². The maximum Gasteiger partial charge on any atom is 0.336 e. The van der Waals surface area contributed by atoms with E-state index in [-0.39, 0.29) is 12.8 Å². The topological polar surface area (TPSA) is 57.9 Å². The first kappa shape index (κ1) is 8.92. The van der Waals surface area contributed by atoms with Crippen LogP contribution in [0, 0.1) is 6.92 Å². The Balaban J connectivity index is 2.51. The molecule has 1 aliphatic rings. The molecule has 0 unspecified atom stereocenters. The summed E-state index contributed by atoms with van der Waals surface area (Å²) in [6, 6.07) is 1.39. The summed E-state index contributed by atoms with van der Waals surface area (Å²) >= 11 is 0. The Morgan fingerprint density at radius 3 is 2.94 bits per heavy atom. The molecule has 2 heterocycles. The summed E-state index contributed by atoms with van der Waals surface area (Å²) in [6.07, 6.45) is 0. The van der Waals surface area contributed by atoms with Gasteiger partial charge >= 0.3 is 5.63 Å². The highest BCUT2D eigenvalue weighted by molar-refractivity contribution is 5.92. The van der Waals surface area contributed by atoms with Crippen LogP contribution in [0.15, 0.2) is 21.3 Å². The van der Waals surface area contributed by atoms with Crippen molar-refractivity contribution in [3.05, 3.63) is 28.1 Å². The van der Waals surface area contributed by atoms with E-state index in [1.165, 1.54) is 7.11 Å². The second-order valence-electron chi connectivity index (χ2n) is 3.66. The molecule has 0 amide bonds. The molecule has 1 aliphatic heterocycles. The summed E-state index contributed by atoms with van der Waals surface area (Å²) < 4.78 is 28.6. The molecule has 0 atom stereocenters. The Kier molecular flexibility index (Phi) is 1.79. The van der Waals surface area contributed by atoms with E-state index < -0.39 is 5.63 Å². The van der Waals surface area contributed by atoms with E-state index in [1.807, 2.05) is 0 Å². The fourth-order valence-electron chi connectivity index (χ4n) is 1.94. The molecule has 2 aromatic rings. The molecule has 0 saturated carbocycles. The third kappa shape index (κ3) is 1.35. The van der Waals surface area contributed by atoms with Gasteiger partial charge in [-0.15, -0.1) is 0 Å². The lowest BCUT2D eigenvalue weighted by Gasteiger charge is -2.08. The van der Waals surface area contributed by atoms with Crippen LogP contribution in [-0.4, -0.2) is 13.9 Å². The van der Waals surface area contributed by atoms with E-state index in [4.69, 9.17) is 20.0 Å². The van der Waals surface area contributed by atoms with Crippen molar-refractivity contribution >= 4 is 11.0 Å². The molecule has 0 aliphatic carbocycles. The lowest BCUT2D eigenvalue weighted by atomic mass is 10.1. The first-order valence-corrected chi connectivity index (χ1v) is 5.04. The number of aryl methyl sites for hydroxylation is 1. The first-order chi connectivity index (χ1) is 8.63. The molecule has 5 nitrogen and oxygen atoms in total. The second kappa shape index (κ2) is 3.41. The van der Waals surface area contributed by atoms with Crippen molar-refractivity contribution in [1.82, 2.24) is 0 Å². The Bertz CT molecular complexity index is 704. The molecule has 88 valence electrons. The largest absolute Gasteiger partial charge is 0.493 e. The van der Waals surface area contributed by atoms with Crippen molar-refractivity contribution in [2.75, 3.05) is 13.9 Å². The lowest BCUT2D eigenvalue weighted by Crippen LogP contribution is -1.99. The number of ether oxygens (including phenoxy) is 3. The summed E-state index contributed by atoms with van der Waals surface area (Å²) in [6.45, 7) is 1.76. The highest BCUT2D eigenvalue weighted by atomic mass is 16.7. The molecular formula is C12H10O5. The monoisotopic (exact) mass is 235 g/mol. The van der Waals surface area contributed by atoms with Gasteiger partial charge in [-0.25, -0.2) is 4.79 Å². The van der Waals surface area contributed by atoms with Gasteiger partial charge in [0.2, 0.25) is 12.5 Å². The van der Waals surface area contributed by atoms with Gasteiger partial charge in [-0.2, -0.15) is 0 Å². The highest BCUT2D eigenvalue weighted by Crippen LogP contribution is 2.46. The second-order valence-corrected chi connectivity index (χ2v) is 3.66. The third-order valence-electron chi connectivity index (χ3n) is 2.66. The molecule has 0 N–H and O–H groups in total. The Hall–Kier alpha value is -2.17. The molecule has 3 rings (SSSR count). The molecule has 0 bridgehead atoms. The van der Waals surface area contributed by atoms with Gasteiger partial charge in [0, 0.05) is 12.1 Å². The minimum atomic E-state index is -0.680. The van der Waals surface area contributed by atoms with E-state index in [1.54, 1.807) is 13.0 Å². The Morgan fingerprint density at radius 1 is 1.41 bits per heavy atom. The Morgan fingerprint density at radius 2 is 2.18 bits per heavy atom. The van der Waals surface area contributed by atoms with Crippen molar-refractivity contribution in [3.63, 3.8) is 0 Å². The normalized spacial score (nSPS) is 13.9. The summed E-state index contributed by atoms with van der Waals surface area (Å²) in [5.74, 6) is 1.37. The maximum absolute atomic E-state index is 11.5. The summed E-state index contributed by atoms with van der Waals surface area (Å²) in [7, 11) is 1.49. The van der Waals surface area contributed by atoms with Crippen LogP contribution >= 0.6 is 0 Å². The number of benzene rings is 1. The number of rotatable bonds is 1. The zero-order valence-electron chi connectivity index (χ0n) is 10.3. The molecule has 1 aromatic carbocycles. The van der Waals surface area contributed by atoms with Crippen molar-refractivity contribution in [2.24, 2.45) is 0 Å². The van der Waals surface area contributed by atoms with Crippen molar-refractivity contribution in [3.8, 4) is 17.2 Å². The molecule has 5 heteroatoms. The van der Waals surface area contributed by atoms with E-state index in [2.05, 4.69) is 0 Å². The fraction of sp³-hybridized carbons (Fsp3) is 0.250. The molecule has 0 spiro atoms. The van der Waals surface area contributed by atoms with Gasteiger partial charge in [0.1, 0.15) is 5.58 Å². The molecule has 17 heavy (non-hydrogen) atoms. The van der Waals surface area contributed by atoms with Crippen molar-refractivity contribution < 1.29 is 20.0 Å². The third-order valence-corrected chi connectivity index (χ3v) is 2.66. The van der Waals surface area contributed by atoms with E-state index in [0.717, 1.165) is 0 Å². The molecule has 1 aromatic heterocycles. The summed E-state index contributed by atoms with van der Waals surface area (Å²) in [5, 5.41) is 0.577. The quantitative estimate of drug-likeness (QED) is 0.706. The number of methoxy groups -OCH3 is 1. The predicted molar refractivity (Wildman–Crippen MR) is 59.9 cm³/mol. The first-order valence-electron chi connectivity index (χ1n) is 5.54. The standard InChI is InChI=1S/C12H10O5/c1-6-3-9(13)17-7-4-8(14-2)11-12(10(6)7)16-5-15-11/h3-4H,5H2,1-2H3/i3D. The minimum Gasteiger partial charge on any atom is -0.493 e. The van der Waals surface area contributed by atoms with Crippen LogP contribution in [0.4, 0.5) is 0 Å².